The van der Waals surface area contributed by atoms with Crippen LogP contribution in [0.15, 0.2) is 40.6 Å². The number of likely N-dealkylation sites (tertiary alicyclic amines) is 1. The third-order valence-corrected chi connectivity index (χ3v) is 6.93. The number of aryl methyl sites for hydroxylation is 1. The number of amides is 1. The van der Waals surface area contributed by atoms with Gasteiger partial charge >= 0.3 is 0 Å². The molecule has 0 saturated carbocycles. The molecule has 3 rings (SSSR count). The Kier molecular flexibility index (Phi) is 5.03. The fourth-order valence-electron chi connectivity index (χ4n) is 2.67. The minimum atomic E-state index is -3.48. The van der Waals surface area contributed by atoms with Gasteiger partial charge in [0.05, 0.1) is 0 Å². The van der Waals surface area contributed by atoms with E-state index in [9.17, 15) is 13.2 Å². The molecule has 128 valence electrons. The summed E-state index contributed by atoms with van der Waals surface area (Å²) >= 11 is 1.25. The summed E-state index contributed by atoms with van der Waals surface area (Å²) in [6.07, 6.45) is 2.13. The van der Waals surface area contributed by atoms with Gasteiger partial charge in [0.1, 0.15) is 4.21 Å². The number of benzene rings is 1. The van der Waals surface area contributed by atoms with Crippen LogP contribution in [0, 0.1) is 6.92 Å². The van der Waals surface area contributed by atoms with Gasteiger partial charge in [0.25, 0.3) is 5.91 Å². The van der Waals surface area contributed by atoms with Gasteiger partial charge in [-0.25, -0.2) is 13.1 Å². The monoisotopic (exact) mass is 364 g/mol. The standard InChI is InChI=1S/C17H20N2O3S2/c1-13-4-9-16(23-13)24(21,22)18-12-14-5-7-15(8-6-14)17(20)19-10-2-3-11-19/h4-9,18H,2-3,10-12H2,1H3. The maximum Gasteiger partial charge on any atom is 0.253 e. The highest BCUT2D eigenvalue weighted by molar-refractivity contribution is 7.91. The summed E-state index contributed by atoms with van der Waals surface area (Å²) in [6.45, 7) is 3.72. The largest absolute Gasteiger partial charge is 0.339 e. The summed E-state index contributed by atoms with van der Waals surface area (Å²) in [5.74, 6) is 0.0497. The van der Waals surface area contributed by atoms with Crippen LogP contribution in [-0.4, -0.2) is 32.3 Å². The van der Waals surface area contributed by atoms with Crippen LogP contribution in [0.4, 0.5) is 0 Å². The number of carbonyl (C=O) groups excluding carboxylic acids is 1. The molecule has 5 nitrogen and oxygen atoms in total. The van der Waals surface area contributed by atoms with Crippen molar-refractivity contribution in [2.75, 3.05) is 13.1 Å². The summed E-state index contributed by atoms with van der Waals surface area (Å²) in [5, 5.41) is 0. The quantitative estimate of drug-likeness (QED) is 0.887. The smallest absolute Gasteiger partial charge is 0.253 e. The molecule has 1 amide bonds. The highest BCUT2D eigenvalue weighted by Gasteiger charge is 2.19. The third kappa shape index (κ3) is 3.85. The van der Waals surface area contributed by atoms with Gasteiger partial charge in [0.2, 0.25) is 10.0 Å². The molecule has 1 aliphatic rings. The topological polar surface area (TPSA) is 66.5 Å². The lowest BCUT2D eigenvalue weighted by atomic mass is 10.1. The van der Waals surface area contributed by atoms with E-state index in [1.807, 2.05) is 11.8 Å². The average Bonchev–Trinajstić information content (AvgIpc) is 3.24. The predicted octanol–water partition coefficient (Wildman–Crippen LogP) is 2.77. The first-order chi connectivity index (χ1) is 11.5. The molecule has 0 bridgehead atoms. The minimum absolute atomic E-state index is 0.0497. The lowest BCUT2D eigenvalue weighted by Crippen LogP contribution is -2.27. The molecule has 0 unspecified atom stereocenters. The number of hydrogen-bond donors (Lipinski definition) is 1. The molecule has 0 radical (unpaired) electrons. The van der Waals surface area contributed by atoms with Crippen LogP contribution in [0.5, 0.6) is 0 Å². The molecule has 1 aliphatic heterocycles. The van der Waals surface area contributed by atoms with Crippen molar-refractivity contribution < 1.29 is 13.2 Å². The van der Waals surface area contributed by atoms with Gasteiger partial charge in [0.15, 0.2) is 0 Å². The Balaban J connectivity index is 1.63. The van der Waals surface area contributed by atoms with Crippen LogP contribution in [0.3, 0.4) is 0 Å². The van der Waals surface area contributed by atoms with E-state index in [1.54, 1.807) is 36.4 Å². The van der Waals surface area contributed by atoms with Crippen molar-refractivity contribution in [1.82, 2.24) is 9.62 Å². The van der Waals surface area contributed by atoms with Crippen LogP contribution in [0.1, 0.15) is 33.6 Å². The van der Waals surface area contributed by atoms with Gasteiger partial charge in [-0.05, 0) is 49.6 Å². The zero-order valence-electron chi connectivity index (χ0n) is 13.5. The first-order valence-electron chi connectivity index (χ1n) is 7.90. The number of thiophene rings is 1. The van der Waals surface area contributed by atoms with E-state index in [-0.39, 0.29) is 12.5 Å². The van der Waals surface area contributed by atoms with Crippen molar-refractivity contribution in [2.45, 2.75) is 30.5 Å². The van der Waals surface area contributed by atoms with Crippen molar-refractivity contribution in [3.63, 3.8) is 0 Å². The predicted molar refractivity (Wildman–Crippen MR) is 94.7 cm³/mol. The van der Waals surface area contributed by atoms with Crippen LogP contribution >= 0.6 is 11.3 Å². The van der Waals surface area contributed by atoms with Crippen molar-refractivity contribution >= 4 is 27.3 Å². The molecule has 7 heteroatoms. The van der Waals surface area contributed by atoms with Crippen LogP contribution < -0.4 is 4.72 Å². The molecule has 2 heterocycles. The van der Waals surface area contributed by atoms with E-state index in [4.69, 9.17) is 0 Å². The Hall–Kier alpha value is -1.70. The molecule has 1 fully saturated rings. The van der Waals surface area contributed by atoms with Crippen molar-refractivity contribution in [3.05, 3.63) is 52.4 Å². The van der Waals surface area contributed by atoms with E-state index in [0.29, 0.717) is 9.77 Å². The summed E-state index contributed by atoms with van der Waals surface area (Å²) in [7, 11) is -3.48. The first-order valence-corrected chi connectivity index (χ1v) is 10.2. The molecule has 0 atom stereocenters. The Bertz CT molecular complexity index is 820. The van der Waals surface area contributed by atoms with Crippen LogP contribution in [0.25, 0.3) is 0 Å². The minimum Gasteiger partial charge on any atom is -0.339 e. The zero-order valence-corrected chi connectivity index (χ0v) is 15.1. The number of nitrogens with one attached hydrogen (secondary N) is 1. The van der Waals surface area contributed by atoms with E-state index >= 15 is 0 Å². The summed E-state index contributed by atoms with van der Waals surface area (Å²) in [5.41, 5.74) is 1.47. The second-order valence-electron chi connectivity index (χ2n) is 5.89. The maximum atomic E-state index is 12.3. The fraction of sp³-hybridized carbons (Fsp3) is 0.353. The van der Waals surface area contributed by atoms with E-state index < -0.39 is 10.0 Å². The highest BCUT2D eigenvalue weighted by atomic mass is 32.2. The summed E-state index contributed by atoms with van der Waals surface area (Å²) in [4.78, 5) is 15.1. The Morgan fingerprint density at radius 2 is 1.79 bits per heavy atom. The Labute approximate surface area is 146 Å². The van der Waals surface area contributed by atoms with Gasteiger partial charge in [0, 0.05) is 30.1 Å². The van der Waals surface area contributed by atoms with Gasteiger partial charge in [-0.15, -0.1) is 11.3 Å². The Morgan fingerprint density at radius 3 is 2.38 bits per heavy atom. The molecule has 1 aromatic heterocycles. The molecule has 1 N–H and O–H groups in total. The molecule has 24 heavy (non-hydrogen) atoms. The number of carbonyl (C=O) groups is 1. The molecular weight excluding hydrogens is 344 g/mol. The summed E-state index contributed by atoms with van der Waals surface area (Å²) < 4.78 is 27.3. The van der Waals surface area contributed by atoms with Crippen LogP contribution in [0.2, 0.25) is 0 Å². The van der Waals surface area contributed by atoms with Crippen molar-refractivity contribution in [3.8, 4) is 0 Å². The number of sulfonamides is 1. The summed E-state index contributed by atoms with van der Waals surface area (Å²) in [6, 6.07) is 10.5. The lowest BCUT2D eigenvalue weighted by molar-refractivity contribution is 0.0793. The number of hydrogen-bond acceptors (Lipinski definition) is 4. The van der Waals surface area contributed by atoms with Gasteiger partial charge in [-0.1, -0.05) is 12.1 Å². The third-order valence-electron chi connectivity index (χ3n) is 4.04. The van der Waals surface area contributed by atoms with E-state index in [1.165, 1.54) is 11.3 Å². The van der Waals surface area contributed by atoms with Crippen molar-refractivity contribution in [2.24, 2.45) is 0 Å². The van der Waals surface area contributed by atoms with E-state index in [2.05, 4.69) is 4.72 Å². The van der Waals surface area contributed by atoms with Gasteiger partial charge < -0.3 is 4.90 Å². The normalized spacial score (nSPS) is 15.0. The molecule has 1 saturated heterocycles. The van der Waals surface area contributed by atoms with Crippen LogP contribution in [-0.2, 0) is 16.6 Å². The van der Waals surface area contributed by atoms with Crippen molar-refractivity contribution in [1.29, 1.82) is 0 Å². The van der Waals surface area contributed by atoms with Gasteiger partial charge in [-0.3, -0.25) is 4.79 Å². The maximum absolute atomic E-state index is 12.3. The first kappa shape index (κ1) is 17.1. The molecular formula is C17H20N2O3S2. The second kappa shape index (κ2) is 7.04. The fourth-order valence-corrected chi connectivity index (χ4v) is 5.02. The number of nitrogens with zero attached hydrogens (tertiary/aromatic N) is 1. The molecule has 2 aromatic rings. The average molecular weight is 364 g/mol. The molecule has 0 spiro atoms. The Morgan fingerprint density at radius 1 is 1.12 bits per heavy atom. The zero-order chi connectivity index (χ0) is 17.2. The second-order valence-corrected chi connectivity index (χ2v) is 9.17. The lowest BCUT2D eigenvalue weighted by Gasteiger charge is -2.15. The SMILES string of the molecule is Cc1ccc(S(=O)(=O)NCc2ccc(C(=O)N3CCCC3)cc2)s1. The van der Waals surface area contributed by atoms with Gasteiger partial charge in [-0.2, -0.15) is 0 Å². The molecule has 0 aliphatic carbocycles. The molecule has 1 aromatic carbocycles. The highest BCUT2D eigenvalue weighted by Crippen LogP contribution is 2.20. The van der Waals surface area contributed by atoms with E-state index in [0.717, 1.165) is 36.4 Å². The number of rotatable bonds is 5.